The van der Waals surface area contributed by atoms with Gasteiger partial charge in [-0.15, -0.1) is 0 Å². The molecule has 1 N–H and O–H groups in total. The fourth-order valence-electron chi connectivity index (χ4n) is 2.35. The van der Waals surface area contributed by atoms with Gasteiger partial charge >= 0.3 is 0 Å². The Morgan fingerprint density at radius 3 is 2.57 bits per heavy atom. The van der Waals surface area contributed by atoms with Gasteiger partial charge < -0.3 is 10.1 Å². The lowest BCUT2D eigenvalue weighted by atomic mass is 9.77. The highest BCUT2D eigenvalue weighted by Gasteiger charge is 2.35. The zero-order valence-corrected chi connectivity index (χ0v) is 9.14. The first-order chi connectivity index (χ1) is 6.85. The van der Waals surface area contributed by atoms with E-state index < -0.39 is 0 Å². The number of nitrogens with one attached hydrogen (secondary N) is 1. The Kier molecular flexibility index (Phi) is 3.24. The summed E-state index contributed by atoms with van der Waals surface area (Å²) < 4.78 is 5.60. The van der Waals surface area contributed by atoms with Gasteiger partial charge in [0.2, 0.25) is 0 Å². The van der Waals surface area contributed by atoms with E-state index in [0.29, 0.717) is 0 Å². The first-order valence-electron chi connectivity index (χ1n) is 5.78. The molecule has 0 bridgehead atoms. The Balaban J connectivity index is 1.84. The molecule has 80 valence electrons. The Morgan fingerprint density at radius 1 is 1.36 bits per heavy atom. The summed E-state index contributed by atoms with van der Waals surface area (Å²) in [5.74, 6) is 0. The smallest absolute Gasteiger partial charge is 0.0713 e. The Hall–Kier alpha value is -0.340. The predicted molar refractivity (Wildman–Crippen MR) is 58.4 cm³/mol. The average molecular weight is 195 g/mol. The zero-order chi connectivity index (χ0) is 9.86. The molecule has 2 heteroatoms. The molecular formula is C12H21NO. The van der Waals surface area contributed by atoms with Crippen molar-refractivity contribution in [2.24, 2.45) is 0 Å². The first-order valence-corrected chi connectivity index (χ1v) is 5.78. The van der Waals surface area contributed by atoms with E-state index in [2.05, 4.69) is 11.4 Å². The molecule has 0 amide bonds. The summed E-state index contributed by atoms with van der Waals surface area (Å²) in [6.07, 6.45) is 9.90. The van der Waals surface area contributed by atoms with Gasteiger partial charge in [0.25, 0.3) is 0 Å². The van der Waals surface area contributed by atoms with Crippen LogP contribution in [0.25, 0.3) is 0 Å². The van der Waals surface area contributed by atoms with Crippen LogP contribution in [0.5, 0.6) is 0 Å². The van der Waals surface area contributed by atoms with E-state index in [1.807, 2.05) is 7.11 Å². The molecule has 2 aliphatic rings. The third-order valence-corrected chi connectivity index (χ3v) is 3.71. The normalized spacial score (nSPS) is 25.6. The fraction of sp³-hybridized carbons (Fsp3) is 0.833. The quantitative estimate of drug-likeness (QED) is 0.697. The van der Waals surface area contributed by atoms with E-state index in [0.717, 1.165) is 19.5 Å². The van der Waals surface area contributed by atoms with Gasteiger partial charge in [-0.1, -0.05) is 11.6 Å². The number of rotatable bonds is 3. The minimum absolute atomic E-state index is 0.220. The van der Waals surface area contributed by atoms with Crippen LogP contribution in [-0.4, -0.2) is 25.8 Å². The maximum absolute atomic E-state index is 5.60. The summed E-state index contributed by atoms with van der Waals surface area (Å²) in [5.41, 5.74) is 1.85. The van der Waals surface area contributed by atoms with Crippen molar-refractivity contribution in [3.63, 3.8) is 0 Å². The highest BCUT2D eigenvalue weighted by Crippen LogP contribution is 2.38. The van der Waals surface area contributed by atoms with Gasteiger partial charge in [0.15, 0.2) is 0 Å². The summed E-state index contributed by atoms with van der Waals surface area (Å²) in [6.45, 7) is 2.32. The Morgan fingerprint density at radius 2 is 2.07 bits per heavy atom. The van der Waals surface area contributed by atoms with Gasteiger partial charge in [0.05, 0.1) is 5.60 Å². The van der Waals surface area contributed by atoms with Crippen molar-refractivity contribution in [1.82, 2.24) is 5.32 Å². The maximum atomic E-state index is 5.60. The summed E-state index contributed by atoms with van der Waals surface area (Å²) in [5, 5.41) is 3.38. The maximum Gasteiger partial charge on any atom is 0.0713 e. The molecule has 0 aromatic rings. The molecule has 0 atom stereocenters. The number of hydrogen-bond acceptors (Lipinski definition) is 2. The Bertz CT molecular complexity index is 205. The molecule has 0 spiro atoms. The predicted octanol–water partition coefficient (Wildman–Crippen LogP) is 2.26. The molecule has 0 aromatic heterocycles. The van der Waals surface area contributed by atoms with E-state index >= 15 is 0 Å². The van der Waals surface area contributed by atoms with E-state index in [9.17, 15) is 0 Å². The molecule has 14 heavy (non-hydrogen) atoms. The van der Waals surface area contributed by atoms with Crippen LogP contribution in [0, 0.1) is 0 Å². The Labute approximate surface area is 86.7 Å². The topological polar surface area (TPSA) is 21.3 Å². The largest absolute Gasteiger partial charge is 0.378 e. The zero-order valence-electron chi connectivity index (χ0n) is 9.14. The minimum Gasteiger partial charge on any atom is -0.378 e. The third kappa shape index (κ3) is 2.18. The van der Waals surface area contributed by atoms with E-state index in [-0.39, 0.29) is 5.60 Å². The molecule has 2 rings (SSSR count). The molecule has 1 aliphatic carbocycles. The van der Waals surface area contributed by atoms with Crippen LogP contribution in [0.4, 0.5) is 0 Å². The van der Waals surface area contributed by atoms with Crippen molar-refractivity contribution in [3.05, 3.63) is 11.6 Å². The monoisotopic (exact) mass is 195 g/mol. The summed E-state index contributed by atoms with van der Waals surface area (Å²) in [7, 11) is 1.86. The van der Waals surface area contributed by atoms with Gasteiger partial charge in [0, 0.05) is 7.11 Å². The molecule has 0 aromatic carbocycles. The number of hydrogen-bond donors (Lipinski definition) is 1. The number of piperidine rings is 1. The summed E-state index contributed by atoms with van der Waals surface area (Å²) >= 11 is 0. The van der Waals surface area contributed by atoms with Gasteiger partial charge in [-0.25, -0.2) is 0 Å². The van der Waals surface area contributed by atoms with Crippen LogP contribution in [-0.2, 0) is 4.74 Å². The van der Waals surface area contributed by atoms with Crippen molar-refractivity contribution in [3.8, 4) is 0 Å². The van der Waals surface area contributed by atoms with Crippen LogP contribution >= 0.6 is 0 Å². The lowest BCUT2D eigenvalue weighted by molar-refractivity contribution is -0.0689. The number of methoxy groups -OCH3 is 1. The second-order valence-electron chi connectivity index (χ2n) is 4.56. The molecule has 0 unspecified atom stereocenters. The van der Waals surface area contributed by atoms with Crippen LogP contribution in [0.3, 0.4) is 0 Å². The first kappa shape index (κ1) is 10.2. The SMILES string of the molecule is COC1(CC=C2CCNCC2)CCC1. The van der Waals surface area contributed by atoms with Gasteiger partial charge in [-0.2, -0.15) is 0 Å². The lowest BCUT2D eigenvalue weighted by Gasteiger charge is -2.40. The second-order valence-corrected chi connectivity index (χ2v) is 4.56. The molecule has 1 saturated heterocycles. The van der Waals surface area contributed by atoms with Gasteiger partial charge in [0.1, 0.15) is 0 Å². The molecule has 1 aliphatic heterocycles. The number of ether oxygens (including phenoxy) is 1. The molecular weight excluding hydrogens is 174 g/mol. The van der Waals surface area contributed by atoms with Crippen molar-refractivity contribution < 1.29 is 4.74 Å². The highest BCUT2D eigenvalue weighted by molar-refractivity contribution is 5.09. The standard InChI is InChI=1S/C12H21NO/c1-14-12(6-2-7-12)8-3-11-4-9-13-10-5-11/h3,13H,2,4-10H2,1H3. The molecule has 1 saturated carbocycles. The molecule has 0 radical (unpaired) electrons. The van der Waals surface area contributed by atoms with E-state index in [4.69, 9.17) is 4.74 Å². The van der Waals surface area contributed by atoms with Crippen molar-refractivity contribution in [2.75, 3.05) is 20.2 Å². The van der Waals surface area contributed by atoms with Crippen LogP contribution < -0.4 is 5.32 Å². The van der Waals surface area contributed by atoms with Crippen molar-refractivity contribution in [1.29, 1.82) is 0 Å². The average Bonchev–Trinajstić information content (AvgIpc) is 2.19. The van der Waals surface area contributed by atoms with Gasteiger partial charge in [-0.3, -0.25) is 0 Å². The van der Waals surface area contributed by atoms with Crippen molar-refractivity contribution >= 4 is 0 Å². The molecule has 2 fully saturated rings. The molecule has 1 heterocycles. The lowest BCUT2D eigenvalue weighted by Crippen LogP contribution is -2.38. The fourth-order valence-corrected chi connectivity index (χ4v) is 2.35. The van der Waals surface area contributed by atoms with Crippen LogP contribution in [0.2, 0.25) is 0 Å². The third-order valence-electron chi connectivity index (χ3n) is 3.71. The molecule has 2 nitrogen and oxygen atoms in total. The minimum atomic E-state index is 0.220. The second kappa shape index (κ2) is 4.45. The summed E-state index contributed by atoms with van der Waals surface area (Å²) in [4.78, 5) is 0. The van der Waals surface area contributed by atoms with Crippen LogP contribution in [0.15, 0.2) is 11.6 Å². The van der Waals surface area contributed by atoms with E-state index in [1.165, 1.54) is 32.1 Å². The van der Waals surface area contributed by atoms with Crippen LogP contribution in [0.1, 0.15) is 38.5 Å². The summed E-state index contributed by atoms with van der Waals surface area (Å²) in [6, 6.07) is 0. The van der Waals surface area contributed by atoms with Gasteiger partial charge in [-0.05, 0) is 51.6 Å². The highest BCUT2D eigenvalue weighted by atomic mass is 16.5. The van der Waals surface area contributed by atoms with E-state index in [1.54, 1.807) is 5.57 Å². The van der Waals surface area contributed by atoms with Crippen molar-refractivity contribution in [2.45, 2.75) is 44.1 Å².